The zero-order valence-corrected chi connectivity index (χ0v) is 14.3. The molecule has 132 valence electrons. The van der Waals surface area contributed by atoms with Crippen molar-refractivity contribution in [2.45, 2.75) is 44.7 Å². The highest BCUT2D eigenvalue weighted by molar-refractivity contribution is 5.91. The summed E-state index contributed by atoms with van der Waals surface area (Å²) in [6.45, 7) is 1.23. The number of nitrogens with one attached hydrogen (secondary N) is 1. The molecule has 7 nitrogen and oxygen atoms in total. The van der Waals surface area contributed by atoms with Crippen molar-refractivity contribution in [3.8, 4) is 11.5 Å². The summed E-state index contributed by atoms with van der Waals surface area (Å²) >= 11 is 0. The molecular weight excluding hydrogens is 320 g/mol. The van der Waals surface area contributed by atoms with Crippen LogP contribution in [0.4, 0.5) is 0 Å². The van der Waals surface area contributed by atoms with Gasteiger partial charge in [-0.3, -0.25) is 4.79 Å². The Morgan fingerprint density at radius 3 is 3.12 bits per heavy atom. The predicted molar refractivity (Wildman–Crippen MR) is 91.0 cm³/mol. The molecule has 0 saturated carbocycles. The van der Waals surface area contributed by atoms with Gasteiger partial charge in [0.1, 0.15) is 12.4 Å². The Morgan fingerprint density at radius 2 is 2.24 bits per heavy atom. The van der Waals surface area contributed by atoms with E-state index in [1.165, 1.54) is 6.42 Å². The molecule has 7 heteroatoms. The molecule has 0 bridgehead atoms. The molecule has 1 aromatic heterocycles. The number of amides is 1. The van der Waals surface area contributed by atoms with Crippen LogP contribution in [0.15, 0.2) is 18.2 Å². The average Bonchev–Trinajstić information content (AvgIpc) is 2.89. The lowest BCUT2D eigenvalue weighted by molar-refractivity contribution is 0.0898. The summed E-state index contributed by atoms with van der Waals surface area (Å²) in [5, 5.41) is 11.4. The van der Waals surface area contributed by atoms with Crippen LogP contribution < -0.4 is 14.8 Å². The summed E-state index contributed by atoms with van der Waals surface area (Å²) < 4.78 is 13.1. The van der Waals surface area contributed by atoms with Crippen LogP contribution in [0.5, 0.6) is 11.5 Å². The van der Waals surface area contributed by atoms with E-state index in [4.69, 9.17) is 9.47 Å². The number of hydrogen-bond donors (Lipinski definition) is 1. The van der Waals surface area contributed by atoms with Gasteiger partial charge in [-0.25, -0.2) is 0 Å². The lowest BCUT2D eigenvalue weighted by atomic mass is 10.0. The van der Waals surface area contributed by atoms with E-state index in [-0.39, 0.29) is 11.9 Å². The molecule has 2 aliphatic rings. The standard InChI is InChI=1S/C18H22N4O3/c1-24-14-7-5-6-12-10-13(11-25-16(12)14)19-18(23)17-21-20-15-8-3-2-4-9-22(15)17/h5-7,13H,2-4,8-11H2,1H3,(H,19,23)/t13-/m1/s1. The molecule has 0 aliphatic carbocycles. The predicted octanol–water partition coefficient (Wildman–Crippen LogP) is 1.75. The SMILES string of the molecule is COc1cccc2c1OC[C@H](NC(=O)c1nnc3n1CCCCC3)C2. The summed E-state index contributed by atoms with van der Waals surface area (Å²) in [6, 6.07) is 5.72. The van der Waals surface area contributed by atoms with Gasteiger partial charge in [-0.2, -0.15) is 0 Å². The van der Waals surface area contributed by atoms with Gasteiger partial charge in [0, 0.05) is 18.5 Å². The molecule has 2 aromatic rings. The van der Waals surface area contributed by atoms with Gasteiger partial charge in [-0.05, 0) is 25.3 Å². The van der Waals surface area contributed by atoms with Gasteiger partial charge in [0.25, 0.3) is 5.91 Å². The maximum Gasteiger partial charge on any atom is 0.289 e. The molecule has 2 aliphatic heterocycles. The van der Waals surface area contributed by atoms with Gasteiger partial charge >= 0.3 is 0 Å². The van der Waals surface area contributed by atoms with Gasteiger partial charge in [-0.15, -0.1) is 10.2 Å². The maximum atomic E-state index is 12.7. The number of para-hydroxylation sites is 1. The zero-order valence-electron chi connectivity index (χ0n) is 14.3. The lowest BCUT2D eigenvalue weighted by Crippen LogP contribution is -2.43. The fraction of sp³-hybridized carbons (Fsp3) is 0.500. The van der Waals surface area contributed by atoms with Crippen LogP contribution in [0.2, 0.25) is 0 Å². The third kappa shape index (κ3) is 3.06. The number of fused-ring (bicyclic) bond motifs is 2. The first kappa shape index (κ1) is 15.9. The Balaban J connectivity index is 1.48. The first-order valence-electron chi connectivity index (χ1n) is 8.78. The van der Waals surface area contributed by atoms with E-state index >= 15 is 0 Å². The van der Waals surface area contributed by atoms with Crippen molar-refractivity contribution in [2.24, 2.45) is 0 Å². The topological polar surface area (TPSA) is 78.3 Å². The summed E-state index contributed by atoms with van der Waals surface area (Å²) in [7, 11) is 1.63. The van der Waals surface area contributed by atoms with E-state index in [0.29, 0.717) is 18.9 Å². The minimum atomic E-state index is -0.180. The number of carbonyl (C=O) groups is 1. The van der Waals surface area contributed by atoms with Crippen LogP contribution in [0.3, 0.4) is 0 Å². The number of aryl methyl sites for hydroxylation is 1. The third-order valence-electron chi connectivity index (χ3n) is 4.82. The number of carbonyl (C=O) groups excluding carboxylic acids is 1. The Bertz CT molecular complexity index is 787. The van der Waals surface area contributed by atoms with E-state index < -0.39 is 0 Å². The Labute approximate surface area is 146 Å². The number of methoxy groups -OCH3 is 1. The van der Waals surface area contributed by atoms with Crippen LogP contribution in [-0.4, -0.2) is 40.4 Å². The van der Waals surface area contributed by atoms with Crippen LogP contribution in [0.1, 0.15) is 41.3 Å². The van der Waals surface area contributed by atoms with Crippen LogP contribution in [0.25, 0.3) is 0 Å². The first-order chi connectivity index (χ1) is 12.3. The second-order valence-electron chi connectivity index (χ2n) is 6.54. The van der Waals surface area contributed by atoms with Crippen LogP contribution >= 0.6 is 0 Å². The van der Waals surface area contributed by atoms with Crippen molar-refractivity contribution in [3.63, 3.8) is 0 Å². The van der Waals surface area contributed by atoms with E-state index in [1.807, 2.05) is 22.8 Å². The van der Waals surface area contributed by atoms with Crippen molar-refractivity contribution in [1.82, 2.24) is 20.1 Å². The lowest BCUT2D eigenvalue weighted by Gasteiger charge is -2.27. The Morgan fingerprint density at radius 1 is 1.32 bits per heavy atom. The number of benzene rings is 1. The molecule has 1 atom stereocenters. The monoisotopic (exact) mass is 342 g/mol. The second-order valence-corrected chi connectivity index (χ2v) is 6.54. The normalized spacial score (nSPS) is 19.2. The Hall–Kier alpha value is -2.57. The Kier molecular flexibility index (Phi) is 4.29. The average molecular weight is 342 g/mol. The molecule has 1 amide bonds. The summed E-state index contributed by atoms with van der Waals surface area (Å²) in [4.78, 5) is 12.7. The quantitative estimate of drug-likeness (QED) is 0.919. The molecule has 1 N–H and O–H groups in total. The van der Waals surface area contributed by atoms with Gasteiger partial charge in [0.2, 0.25) is 5.82 Å². The van der Waals surface area contributed by atoms with Crippen LogP contribution in [-0.2, 0) is 19.4 Å². The molecule has 0 saturated heterocycles. The highest BCUT2D eigenvalue weighted by Gasteiger charge is 2.27. The number of ether oxygens (including phenoxy) is 2. The van der Waals surface area contributed by atoms with E-state index in [9.17, 15) is 4.79 Å². The van der Waals surface area contributed by atoms with Crippen molar-refractivity contribution in [3.05, 3.63) is 35.4 Å². The number of hydrogen-bond acceptors (Lipinski definition) is 5. The number of nitrogens with zero attached hydrogens (tertiary/aromatic N) is 3. The second kappa shape index (κ2) is 6.74. The summed E-state index contributed by atoms with van der Waals surface area (Å²) in [5.74, 6) is 2.64. The first-order valence-corrected chi connectivity index (χ1v) is 8.78. The van der Waals surface area contributed by atoms with Crippen molar-refractivity contribution >= 4 is 5.91 Å². The van der Waals surface area contributed by atoms with Crippen molar-refractivity contribution < 1.29 is 14.3 Å². The fourth-order valence-corrected chi connectivity index (χ4v) is 3.55. The number of rotatable bonds is 3. The molecular formula is C18H22N4O3. The van der Waals surface area contributed by atoms with Gasteiger partial charge < -0.3 is 19.4 Å². The molecule has 0 spiro atoms. The highest BCUT2D eigenvalue weighted by Crippen LogP contribution is 2.34. The minimum Gasteiger partial charge on any atom is -0.493 e. The van der Waals surface area contributed by atoms with Gasteiger partial charge in [0.05, 0.1) is 13.2 Å². The van der Waals surface area contributed by atoms with E-state index in [0.717, 1.165) is 48.7 Å². The van der Waals surface area contributed by atoms with Crippen LogP contribution in [0, 0.1) is 0 Å². The number of aromatic nitrogens is 3. The minimum absolute atomic E-state index is 0.0918. The molecule has 4 rings (SSSR count). The van der Waals surface area contributed by atoms with E-state index in [2.05, 4.69) is 15.5 Å². The molecule has 0 unspecified atom stereocenters. The molecule has 0 fully saturated rings. The molecule has 1 aromatic carbocycles. The van der Waals surface area contributed by atoms with E-state index in [1.54, 1.807) is 7.11 Å². The smallest absolute Gasteiger partial charge is 0.289 e. The maximum absolute atomic E-state index is 12.7. The van der Waals surface area contributed by atoms with Gasteiger partial charge in [-0.1, -0.05) is 18.6 Å². The van der Waals surface area contributed by atoms with Crippen molar-refractivity contribution in [2.75, 3.05) is 13.7 Å². The summed E-state index contributed by atoms with van der Waals surface area (Å²) in [5.41, 5.74) is 1.04. The zero-order chi connectivity index (χ0) is 17.2. The largest absolute Gasteiger partial charge is 0.493 e. The van der Waals surface area contributed by atoms with Crippen molar-refractivity contribution in [1.29, 1.82) is 0 Å². The highest BCUT2D eigenvalue weighted by atomic mass is 16.5. The molecule has 25 heavy (non-hydrogen) atoms. The molecule has 0 radical (unpaired) electrons. The van der Waals surface area contributed by atoms with Gasteiger partial charge in [0.15, 0.2) is 11.5 Å². The fourth-order valence-electron chi connectivity index (χ4n) is 3.55. The molecule has 3 heterocycles. The summed E-state index contributed by atoms with van der Waals surface area (Å²) in [6.07, 6.45) is 4.93. The third-order valence-corrected chi connectivity index (χ3v) is 4.82.